The zero-order valence-corrected chi connectivity index (χ0v) is 22.9. The van der Waals surface area contributed by atoms with Crippen LogP contribution in [-0.2, 0) is 14.3 Å². The maximum absolute atomic E-state index is 13.1. The minimum Gasteiger partial charge on any atom is -0.473 e. The number of rotatable bonds is 6. The van der Waals surface area contributed by atoms with Gasteiger partial charge in [-0.2, -0.15) is 0 Å². The largest absolute Gasteiger partial charge is 0.473 e. The number of benzene rings is 1. The third-order valence-electron chi connectivity index (χ3n) is 7.17. The molecule has 3 heterocycles. The summed E-state index contributed by atoms with van der Waals surface area (Å²) in [6.45, 7) is 8.11. The van der Waals surface area contributed by atoms with Crippen LogP contribution < -0.4 is 10.9 Å². The van der Waals surface area contributed by atoms with Crippen molar-refractivity contribution >= 4 is 40.3 Å². The topological polar surface area (TPSA) is 158 Å². The van der Waals surface area contributed by atoms with E-state index in [1.54, 1.807) is 16.7 Å². The molecule has 11 nitrogen and oxygen atoms in total. The number of nitrogens with one attached hydrogen (secondary N) is 1. The first-order valence-corrected chi connectivity index (χ1v) is 13.4. The van der Waals surface area contributed by atoms with E-state index in [-0.39, 0.29) is 23.1 Å². The van der Waals surface area contributed by atoms with Gasteiger partial charge in [0.05, 0.1) is 11.1 Å². The van der Waals surface area contributed by atoms with Crippen LogP contribution in [0.5, 0.6) is 0 Å². The number of pyridine rings is 1. The Morgan fingerprint density at radius 2 is 1.74 bits per heavy atom. The van der Waals surface area contributed by atoms with Crippen molar-refractivity contribution in [3.8, 4) is 0 Å². The molecule has 2 aliphatic rings. The van der Waals surface area contributed by atoms with Gasteiger partial charge in [0.25, 0.3) is 11.5 Å². The molecule has 0 atom stereocenters. The number of nitrogens with zero attached hydrogens (tertiary/aromatic N) is 2. The number of ether oxygens (including phenoxy) is 1. The van der Waals surface area contributed by atoms with E-state index in [1.165, 1.54) is 0 Å². The molecular formula is C27H36ClN3O8. The lowest BCUT2D eigenvalue weighted by Crippen LogP contribution is -2.49. The number of β-amino-alcohol motifs (C(OH)–C–C–N with tert-alkyl or cyclic N) is 1. The van der Waals surface area contributed by atoms with Crippen LogP contribution in [0, 0.1) is 5.92 Å². The van der Waals surface area contributed by atoms with Crippen molar-refractivity contribution in [3.05, 3.63) is 45.2 Å². The predicted molar refractivity (Wildman–Crippen MR) is 145 cm³/mol. The average molecular weight is 566 g/mol. The lowest BCUT2D eigenvalue weighted by atomic mass is 9.91. The molecule has 2 fully saturated rings. The molecule has 0 radical (unpaired) electrons. The van der Waals surface area contributed by atoms with E-state index in [0.29, 0.717) is 55.5 Å². The maximum atomic E-state index is 13.1. The number of carboxylic acid groups (broad SMARTS) is 2. The number of aliphatic carboxylic acids is 2. The van der Waals surface area contributed by atoms with Crippen molar-refractivity contribution in [2.24, 2.45) is 5.92 Å². The Balaban J connectivity index is 0.000000631. The summed E-state index contributed by atoms with van der Waals surface area (Å²) in [5.74, 6) is -3.65. The highest BCUT2D eigenvalue weighted by Gasteiger charge is 2.33. The van der Waals surface area contributed by atoms with Crippen molar-refractivity contribution < 1.29 is 34.4 Å². The number of carbonyl (C=O) groups is 3. The fourth-order valence-corrected chi connectivity index (χ4v) is 5.23. The summed E-state index contributed by atoms with van der Waals surface area (Å²) >= 11 is 6.38. The monoisotopic (exact) mass is 565 g/mol. The molecule has 0 saturated carbocycles. The SMILES string of the molecule is CC(C)n1c(=O)c(C(=O)NCC2CCN(CC3(O)CCOCC3)CC2)cc2c(Cl)cccc21.O=C(O)C(=O)O. The summed E-state index contributed by atoms with van der Waals surface area (Å²) in [6, 6.07) is 6.96. The van der Waals surface area contributed by atoms with Gasteiger partial charge in [0.15, 0.2) is 0 Å². The van der Waals surface area contributed by atoms with E-state index >= 15 is 0 Å². The van der Waals surface area contributed by atoms with Gasteiger partial charge in [0.1, 0.15) is 5.56 Å². The Hall–Kier alpha value is -2.99. The number of aliphatic hydroxyl groups is 1. The highest BCUT2D eigenvalue weighted by molar-refractivity contribution is 6.35. The van der Waals surface area contributed by atoms with Crippen LogP contribution in [0.2, 0.25) is 5.02 Å². The molecule has 2 aliphatic heterocycles. The van der Waals surface area contributed by atoms with Crippen LogP contribution in [0.25, 0.3) is 10.9 Å². The Morgan fingerprint density at radius 3 is 2.31 bits per heavy atom. The summed E-state index contributed by atoms with van der Waals surface area (Å²) in [4.78, 5) is 46.6. The third-order valence-corrected chi connectivity index (χ3v) is 7.50. The van der Waals surface area contributed by atoms with E-state index in [2.05, 4.69) is 10.2 Å². The first-order valence-electron chi connectivity index (χ1n) is 13.0. The molecule has 12 heteroatoms. The molecule has 0 unspecified atom stereocenters. The number of hydrogen-bond acceptors (Lipinski definition) is 7. The van der Waals surface area contributed by atoms with Gasteiger partial charge in [-0.3, -0.25) is 9.59 Å². The van der Waals surface area contributed by atoms with E-state index in [0.717, 1.165) is 31.4 Å². The van der Waals surface area contributed by atoms with Gasteiger partial charge < -0.3 is 34.8 Å². The number of amides is 1. The Kier molecular flexibility index (Phi) is 10.5. The molecule has 4 N–H and O–H groups in total. The number of carboxylic acids is 2. The number of likely N-dealkylation sites (tertiary alicyclic amines) is 1. The second-order valence-corrected chi connectivity index (χ2v) is 10.8. The summed E-state index contributed by atoms with van der Waals surface area (Å²) in [7, 11) is 0. The van der Waals surface area contributed by atoms with Crippen molar-refractivity contribution in [2.75, 3.05) is 39.4 Å². The molecule has 214 valence electrons. The molecule has 1 aromatic carbocycles. The van der Waals surface area contributed by atoms with Crippen molar-refractivity contribution in [1.29, 1.82) is 0 Å². The van der Waals surface area contributed by atoms with Gasteiger partial charge in [-0.15, -0.1) is 0 Å². The lowest BCUT2D eigenvalue weighted by Gasteiger charge is -2.39. The second-order valence-electron chi connectivity index (χ2n) is 10.4. The number of aromatic nitrogens is 1. The fourth-order valence-electron chi connectivity index (χ4n) is 5.01. The van der Waals surface area contributed by atoms with Crippen LogP contribution in [0.15, 0.2) is 29.1 Å². The standard InChI is InChI=1S/C25H34ClN3O4.C2H2O4/c1-17(2)29-22-5-3-4-21(26)19(22)14-20(24(29)31)23(30)27-15-18-6-10-28(11-7-18)16-25(32)8-12-33-13-9-25;3-1(4)2(5)6/h3-5,14,17-18,32H,6-13,15-16H2,1-2H3,(H,27,30);(H,3,4)(H,5,6). The van der Waals surface area contributed by atoms with Gasteiger partial charge in [0.2, 0.25) is 0 Å². The summed E-state index contributed by atoms with van der Waals surface area (Å²) < 4.78 is 7.01. The van der Waals surface area contributed by atoms with E-state index in [1.807, 2.05) is 26.0 Å². The Bertz CT molecular complexity index is 1240. The Morgan fingerprint density at radius 1 is 1.13 bits per heavy atom. The molecule has 0 bridgehead atoms. The van der Waals surface area contributed by atoms with Crippen molar-refractivity contribution in [2.45, 2.75) is 51.2 Å². The van der Waals surface area contributed by atoms with Gasteiger partial charge in [0, 0.05) is 55.6 Å². The van der Waals surface area contributed by atoms with Gasteiger partial charge in [-0.05, 0) is 63.9 Å². The molecule has 1 amide bonds. The smallest absolute Gasteiger partial charge is 0.414 e. The van der Waals surface area contributed by atoms with Crippen LogP contribution in [0.1, 0.15) is 55.9 Å². The van der Waals surface area contributed by atoms with Crippen molar-refractivity contribution in [1.82, 2.24) is 14.8 Å². The third kappa shape index (κ3) is 8.01. The highest BCUT2D eigenvalue weighted by Crippen LogP contribution is 2.26. The molecule has 1 aromatic heterocycles. The highest BCUT2D eigenvalue weighted by atomic mass is 35.5. The fraction of sp³-hybridized carbons (Fsp3) is 0.556. The van der Waals surface area contributed by atoms with Crippen LogP contribution in [0.3, 0.4) is 0 Å². The minimum atomic E-state index is -1.82. The molecule has 39 heavy (non-hydrogen) atoms. The predicted octanol–water partition coefficient (Wildman–Crippen LogP) is 2.37. The number of fused-ring (bicyclic) bond motifs is 1. The minimum absolute atomic E-state index is 0.0962. The average Bonchev–Trinajstić information content (AvgIpc) is 2.88. The molecule has 4 rings (SSSR count). The maximum Gasteiger partial charge on any atom is 0.414 e. The summed E-state index contributed by atoms with van der Waals surface area (Å²) in [6.07, 6.45) is 3.28. The zero-order chi connectivity index (χ0) is 28.7. The van der Waals surface area contributed by atoms with Crippen LogP contribution >= 0.6 is 11.6 Å². The van der Waals surface area contributed by atoms with Crippen LogP contribution in [0.4, 0.5) is 0 Å². The normalized spacial score (nSPS) is 17.9. The molecule has 2 saturated heterocycles. The number of piperidine rings is 1. The van der Waals surface area contributed by atoms with Crippen molar-refractivity contribution in [3.63, 3.8) is 0 Å². The van der Waals surface area contributed by atoms with Crippen LogP contribution in [-0.4, -0.2) is 87.6 Å². The summed E-state index contributed by atoms with van der Waals surface area (Å²) in [5, 5.41) is 29.7. The van der Waals surface area contributed by atoms with E-state index in [4.69, 9.17) is 36.1 Å². The summed E-state index contributed by atoms with van der Waals surface area (Å²) in [5.41, 5.74) is -0.0784. The zero-order valence-electron chi connectivity index (χ0n) is 22.2. The van der Waals surface area contributed by atoms with Gasteiger partial charge in [-0.25, -0.2) is 9.59 Å². The number of halogens is 1. The van der Waals surface area contributed by atoms with Gasteiger partial charge in [-0.1, -0.05) is 17.7 Å². The quantitative estimate of drug-likeness (QED) is 0.386. The molecular weight excluding hydrogens is 530 g/mol. The lowest BCUT2D eigenvalue weighted by molar-refractivity contribution is -0.159. The Labute approximate surface area is 231 Å². The van der Waals surface area contributed by atoms with E-state index in [9.17, 15) is 14.7 Å². The molecule has 2 aromatic rings. The number of hydrogen-bond donors (Lipinski definition) is 4. The first-order chi connectivity index (χ1) is 18.4. The van der Waals surface area contributed by atoms with Gasteiger partial charge >= 0.3 is 11.9 Å². The molecule has 0 aliphatic carbocycles. The van der Waals surface area contributed by atoms with E-state index < -0.39 is 17.5 Å². The second kappa shape index (κ2) is 13.4. The molecule has 0 spiro atoms. The number of carbonyl (C=O) groups excluding carboxylic acids is 1. The first kappa shape index (κ1) is 30.6.